The lowest BCUT2D eigenvalue weighted by atomic mass is 10.2. The van der Waals surface area contributed by atoms with Crippen LogP contribution in [0.25, 0.3) is 0 Å². The summed E-state index contributed by atoms with van der Waals surface area (Å²) >= 11 is 0. The fourth-order valence-corrected chi connectivity index (χ4v) is 3.19. The van der Waals surface area contributed by atoms with Crippen molar-refractivity contribution in [1.82, 2.24) is 0 Å². The predicted molar refractivity (Wildman–Crippen MR) is 69.2 cm³/mol. The van der Waals surface area contributed by atoms with Crippen molar-refractivity contribution in [1.29, 1.82) is 0 Å². The Morgan fingerprint density at radius 2 is 1.78 bits per heavy atom. The molecular weight excluding hydrogens is 250 g/mol. The van der Waals surface area contributed by atoms with Crippen LogP contribution in [0.3, 0.4) is 0 Å². The molecule has 0 spiro atoms. The van der Waals surface area contributed by atoms with E-state index < -0.39 is 9.84 Å². The first kappa shape index (κ1) is 12.4. The summed E-state index contributed by atoms with van der Waals surface area (Å²) in [7, 11) is -3.62. The van der Waals surface area contributed by atoms with Gasteiger partial charge in [0.15, 0.2) is 0 Å². The van der Waals surface area contributed by atoms with Crippen LogP contribution in [-0.4, -0.2) is 13.5 Å². The van der Waals surface area contributed by atoms with Gasteiger partial charge in [0.1, 0.15) is 5.75 Å². The normalized spacial score (nSPS) is 11.4. The minimum Gasteiger partial charge on any atom is -0.506 e. The van der Waals surface area contributed by atoms with Crippen LogP contribution in [-0.2, 0) is 9.84 Å². The number of aryl methyl sites for hydroxylation is 1. The van der Waals surface area contributed by atoms with Crippen LogP contribution in [0.4, 0.5) is 5.69 Å². The van der Waals surface area contributed by atoms with Gasteiger partial charge in [0.2, 0.25) is 9.84 Å². The molecule has 0 unspecified atom stereocenters. The quantitative estimate of drug-likeness (QED) is 0.642. The summed E-state index contributed by atoms with van der Waals surface area (Å²) in [6.45, 7) is 1.73. The molecule has 0 heterocycles. The molecule has 0 saturated heterocycles. The van der Waals surface area contributed by atoms with Gasteiger partial charge in [-0.3, -0.25) is 0 Å². The average Bonchev–Trinajstić information content (AvgIpc) is 2.33. The van der Waals surface area contributed by atoms with Crippen molar-refractivity contribution in [2.45, 2.75) is 16.7 Å². The summed E-state index contributed by atoms with van der Waals surface area (Å²) in [5.41, 5.74) is 6.27. The molecule has 2 rings (SSSR count). The summed E-state index contributed by atoms with van der Waals surface area (Å²) in [5.74, 6) is -0.232. The summed E-state index contributed by atoms with van der Waals surface area (Å²) in [6.07, 6.45) is 0. The Morgan fingerprint density at radius 3 is 2.39 bits per heavy atom. The number of sulfone groups is 1. The van der Waals surface area contributed by atoms with E-state index in [1.807, 2.05) is 0 Å². The van der Waals surface area contributed by atoms with Gasteiger partial charge in [-0.25, -0.2) is 8.42 Å². The molecule has 0 amide bonds. The van der Waals surface area contributed by atoms with Gasteiger partial charge in [-0.05, 0) is 30.7 Å². The largest absolute Gasteiger partial charge is 0.506 e. The van der Waals surface area contributed by atoms with Gasteiger partial charge in [-0.2, -0.15) is 0 Å². The number of nitrogens with two attached hydrogens (primary N) is 1. The third kappa shape index (κ3) is 2.04. The second-order valence-electron chi connectivity index (χ2n) is 3.99. The highest BCUT2D eigenvalue weighted by Crippen LogP contribution is 2.28. The van der Waals surface area contributed by atoms with Crippen LogP contribution in [0.1, 0.15) is 5.56 Å². The zero-order valence-electron chi connectivity index (χ0n) is 9.79. The van der Waals surface area contributed by atoms with Crippen molar-refractivity contribution < 1.29 is 13.5 Å². The SMILES string of the molecule is Cc1ccccc1S(=O)(=O)c1ccc(N)c(O)c1. The van der Waals surface area contributed by atoms with E-state index in [2.05, 4.69) is 0 Å². The average molecular weight is 263 g/mol. The van der Waals surface area contributed by atoms with E-state index >= 15 is 0 Å². The van der Waals surface area contributed by atoms with Gasteiger partial charge < -0.3 is 10.8 Å². The van der Waals surface area contributed by atoms with E-state index in [9.17, 15) is 13.5 Å². The zero-order chi connectivity index (χ0) is 13.3. The highest BCUT2D eigenvalue weighted by atomic mass is 32.2. The Balaban J connectivity index is 2.62. The number of anilines is 1. The van der Waals surface area contributed by atoms with Crippen LogP contribution < -0.4 is 5.73 Å². The number of phenolic OH excluding ortho intramolecular Hbond substituents is 1. The lowest BCUT2D eigenvalue weighted by molar-refractivity contribution is 0.476. The van der Waals surface area contributed by atoms with E-state index in [0.29, 0.717) is 5.56 Å². The maximum atomic E-state index is 12.4. The van der Waals surface area contributed by atoms with Gasteiger partial charge >= 0.3 is 0 Å². The van der Waals surface area contributed by atoms with Crippen molar-refractivity contribution in [3.63, 3.8) is 0 Å². The van der Waals surface area contributed by atoms with Gasteiger partial charge in [-0.1, -0.05) is 18.2 Å². The fourth-order valence-electron chi connectivity index (χ4n) is 1.68. The second-order valence-corrected chi connectivity index (χ2v) is 5.91. The van der Waals surface area contributed by atoms with Crippen LogP contribution >= 0.6 is 0 Å². The molecule has 0 atom stereocenters. The van der Waals surface area contributed by atoms with Gasteiger partial charge in [-0.15, -0.1) is 0 Å². The molecule has 18 heavy (non-hydrogen) atoms. The predicted octanol–water partition coefficient (Wildman–Crippen LogP) is 2.12. The van der Waals surface area contributed by atoms with Crippen LogP contribution in [0, 0.1) is 6.92 Å². The number of nitrogen functional groups attached to an aromatic ring is 1. The molecule has 0 aliphatic carbocycles. The summed E-state index contributed by atoms with van der Waals surface area (Å²) in [5, 5.41) is 9.49. The second kappa shape index (κ2) is 4.34. The minimum absolute atomic E-state index is 0.0310. The first-order valence-electron chi connectivity index (χ1n) is 5.32. The fraction of sp³-hybridized carbons (Fsp3) is 0.0769. The molecule has 94 valence electrons. The summed E-state index contributed by atoms with van der Waals surface area (Å²) in [4.78, 5) is 0.262. The first-order chi connectivity index (χ1) is 8.43. The van der Waals surface area contributed by atoms with Crippen molar-refractivity contribution in [2.24, 2.45) is 0 Å². The van der Waals surface area contributed by atoms with Crippen LogP contribution in [0.5, 0.6) is 5.75 Å². The standard InChI is InChI=1S/C13H13NO3S/c1-9-4-2-3-5-13(9)18(16,17)10-6-7-11(14)12(15)8-10/h2-8,15H,14H2,1H3. The first-order valence-corrected chi connectivity index (χ1v) is 6.80. The molecule has 0 aliphatic rings. The molecule has 0 fully saturated rings. The molecule has 2 aromatic rings. The number of rotatable bonds is 2. The lowest BCUT2D eigenvalue weighted by Crippen LogP contribution is -2.04. The third-order valence-electron chi connectivity index (χ3n) is 2.70. The molecule has 0 saturated carbocycles. The third-order valence-corrected chi connectivity index (χ3v) is 4.61. The van der Waals surface area contributed by atoms with E-state index in [0.717, 1.165) is 6.07 Å². The van der Waals surface area contributed by atoms with E-state index in [-0.39, 0.29) is 21.2 Å². The number of hydrogen-bond donors (Lipinski definition) is 2. The van der Waals surface area contributed by atoms with Gasteiger partial charge in [0.25, 0.3) is 0 Å². The summed E-state index contributed by atoms with van der Waals surface area (Å²) in [6, 6.07) is 10.6. The van der Waals surface area contributed by atoms with E-state index in [1.54, 1.807) is 25.1 Å². The van der Waals surface area contributed by atoms with Crippen LogP contribution in [0.2, 0.25) is 0 Å². The van der Waals surface area contributed by atoms with Gasteiger partial charge in [0.05, 0.1) is 15.5 Å². The Morgan fingerprint density at radius 1 is 1.11 bits per heavy atom. The maximum Gasteiger partial charge on any atom is 0.206 e. The summed E-state index contributed by atoms with van der Waals surface area (Å²) < 4.78 is 24.7. The Hall–Kier alpha value is -2.01. The monoisotopic (exact) mass is 263 g/mol. The van der Waals surface area contributed by atoms with E-state index in [4.69, 9.17) is 5.73 Å². The molecule has 3 N–H and O–H groups in total. The van der Waals surface area contributed by atoms with E-state index in [1.165, 1.54) is 18.2 Å². The molecule has 0 aliphatic heterocycles. The Kier molecular flexibility index (Phi) is 3.00. The smallest absolute Gasteiger partial charge is 0.206 e. The molecule has 5 heteroatoms. The molecule has 0 bridgehead atoms. The maximum absolute atomic E-state index is 12.4. The molecular formula is C13H13NO3S. The lowest BCUT2D eigenvalue weighted by Gasteiger charge is -2.08. The highest BCUT2D eigenvalue weighted by molar-refractivity contribution is 7.91. The number of phenols is 1. The Labute approximate surface area is 106 Å². The minimum atomic E-state index is -3.62. The molecule has 4 nitrogen and oxygen atoms in total. The number of hydrogen-bond acceptors (Lipinski definition) is 4. The van der Waals surface area contributed by atoms with Crippen molar-refractivity contribution in [2.75, 3.05) is 5.73 Å². The zero-order valence-corrected chi connectivity index (χ0v) is 10.6. The van der Waals surface area contributed by atoms with Crippen molar-refractivity contribution in [3.05, 3.63) is 48.0 Å². The van der Waals surface area contributed by atoms with Crippen molar-refractivity contribution in [3.8, 4) is 5.75 Å². The topological polar surface area (TPSA) is 80.4 Å². The molecule has 2 aromatic carbocycles. The van der Waals surface area contributed by atoms with Gasteiger partial charge in [0, 0.05) is 6.07 Å². The molecule has 0 radical (unpaired) electrons. The highest BCUT2D eigenvalue weighted by Gasteiger charge is 2.20. The van der Waals surface area contributed by atoms with Crippen molar-refractivity contribution >= 4 is 15.5 Å². The number of aromatic hydroxyl groups is 1. The molecule has 0 aromatic heterocycles. The van der Waals surface area contributed by atoms with Crippen LogP contribution in [0.15, 0.2) is 52.3 Å². The Bertz CT molecular complexity index is 693. The number of benzene rings is 2.